The molecular weight excluding hydrogens is 522 g/mol. The molecule has 8 rings (SSSR count). The molecule has 4 atom stereocenters. The van der Waals surface area contributed by atoms with Gasteiger partial charge in [-0.3, -0.25) is 19.3 Å². The van der Waals surface area contributed by atoms with Crippen molar-refractivity contribution < 1.29 is 14.4 Å². The van der Waals surface area contributed by atoms with Gasteiger partial charge in [0.15, 0.2) is 5.78 Å². The predicted octanol–water partition coefficient (Wildman–Crippen LogP) is 5.82. The van der Waals surface area contributed by atoms with E-state index in [1.165, 1.54) is 0 Å². The van der Waals surface area contributed by atoms with Crippen LogP contribution in [0.2, 0.25) is 5.02 Å². The first-order valence-corrected chi connectivity index (χ1v) is 14.1. The number of anilines is 2. The van der Waals surface area contributed by atoms with Crippen LogP contribution in [0.5, 0.6) is 0 Å². The number of ketones is 1. The third-order valence-corrected chi connectivity index (χ3v) is 9.90. The molecule has 4 heterocycles. The Morgan fingerprint density at radius 1 is 0.900 bits per heavy atom. The largest absolute Gasteiger partial charge is 0.325 e. The fraction of sp³-hybridized carbons (Fsp3) is 0.242. The van der Waals surface area contributed by atoms with E-state index in [2.05, 4.69) is 15.5 Å². The lowest BCUT2D eigenvalue weighted by Crippen LogP contribution is -2.62. The van der Waals surface area contributed by atoms with Crippen LogP contribution in [0.4, 0.5) is 11.4 Å². The van der Waals surface area contributed by atoms with Gasteiger partial charge in [-0.25, -0.2) is 0 Å². The topological polar surface area (TPSA) is 78.5 Å². The van der Waals surface area contributed by atoms with Gasteiger partial charge in [0.2, 0.25) is 5.91 Å². The molecule has 4 aromatic rings. The van der Waals surface area contributed by atoms with Crippen molar-refractivity contribution in [2.24, 2.45) is 5.92 Å². The number of halogens is 1. The molecule has 2 amide bonds. The molecule has 6 nitrogen and oxygen atoms in total. The lowest BCUT2D eigenvalue weighted by atomic mass is 9.57. The predicted molar refractivity (Wildman–Crippen MR) is 155 cm³/mol. The number of carbonyl (C=O) groups is 3. The summed E-state index contributed by atoms with van der Waals surface area (Å²) in [6.45, 7) is 2.51. The van der Waals surface area contributed by atoms with Crippen LogP contribution in [0, 0.1) is 12.8 Å². The number of para-hydroxylation sites is 1. The lowest BCUT2D eigenvalue weighted by molar-refractivity contribution is -0.137. The van der Waals surface area contributed by atoms with Crippen molar-refractivity contribution in [2.75, 3.05) is 17.2 Å². The minimum Gasteiger partial charge on any atom is -0.325 e. The van der Waals surface area contributed by atoms with Crippen LogP contribution in [0.15, 0.2) is 78.9 Å². The van der Waals surface area contributed by atoms with Crippen molar-refractivity contribution in [3.8, 4) is 0 Å². The molecule has 2 fully saturated rings. The van der Waals surface area contributed by atoms with E-state index >= 15 is 0 Å². The van der Waals surface area contributed by atoms with E-state index in [1.54, 1.807) is 0 Å². The van der Waals surface area contributed by atoms with Gasteiger partial charge in [0.1, 0.15) is 11.0 Å². The van der Waals surface area contributed by atoms with Gasteiger partial charge in [0.05, 0.1) is 5.92 Å². The van der Waals surface area contributed by atoms with E-state index in [9.17, 15) is 14.4 Å². The molecule has 0 unspecified atom stereocenters. The van der Waals surface area contributed by atoms with E-state index in [0.717, 1.165) is 22.8 Å². The van der Waals surface area contributed by atoms with E-state index in [0.29, 0.717) is 46.1 Å². The number of nitrogens with one attached hydrogen (secondary N) is 2. The highest BCUT2D eigenvalue weighted by molar-refractivity contribution is 6.31. The molecule has 198 valence electrons. The van der Waals surface area contributed by atoms with E-state index in [-0.39, 0.29) is 23.6 Å². The summed E-state index contributed by atoms with van der Waals surface area (Å²) in [7, 11) is 0. The second kappa shape index (κ2) is 8.03. The Bertz CT molecular complexity index is 1820. The Kier molecular flexibility index (Phi) is 4.79. The number of fused-ring (bicyclic) bond motifs is 8. The Labute approximate surface area is 236 Å². The maximum atomic E-state index is 14.9. The van der Waals surface area contributed by atoms with Crippen LogP contribution < -0.4 is 10.6 Å². The normalized spacial score (nSPS) is 28.1. The van der Waals surface area contributed by atoms with Gasteiger partial charge in [-0.2, -0.15) is 0 Å². The summed E-state index contributed by atoms with van der Waals surface area (Å²) in [6.07, 6.45) is 1.54. The molecule has 2 saturated heterocycles. The summed E-state index contributed by atoms with van der Waals surface area (Å²) in [4.78, 5) is 46.2. The van der Waals surface area contributed by atoms with Gasteiger partial charge < -0.3 is 10.6 Å². The smallest absolute Gasteiger partial charge is 0.251 e. The zero-order valence-electron chi connectivity index (χ0n) is 21.8. The summed E-state index contributed by atoms with van der Waals surface area (Å²) in [5.41, 5.74) is 1.15. The highest BCUT2D eigenvalue weighted by Crippen LogP contribution is 2.68. The molecule has 4 aliphatic heterocycles. The van der Waals surface area contributed by atoms with Crippen molar-refractivity contribution in [1.29, 1.82) is 0 Å². The molecule has 0 radical (unpaired) electrons. The van der Waals surface area contributed by atoms with Gasteiger partial charge in [0, 0.05) is 33.6 Å². The molecular formula is C33H26ClN3O3. The molecule has 2 spiro atoms. The first-order chi connectivity index (χ1) is 19.4. The Balaban J connectivity index is 1.46. The number of hydrogen-bond donors (Lipinski definition) is 2. The maximum Gasteiger partial charge on any atom is 0.251 e. The molecule has 4 aromatic carbocycles. The quantitative estimate of drug-likeness (QED) is 0.310. The summed E-state index contributed by atoms with van der Waals surface area (Å²) in [5.74, 6) is -1.49. The fourth-order valence-electron chi connectivity index (χ4n) is 8.33. The molecule has 0 saturated carbocycles. The summed E-state index contributed by atoms with van der Waals surface area (Å²) in [5, 5.41) is 8.71. The first-order valence-electron chi connectivity index (χ1n) is 13.7. The van der Waals surface area contributed by atoms with Crippen LogP contribution in [0.1, 0.15) is 39.9 Å². The summed E-state index contributed by atoms with van der Waals surface area (Å²) in [6, 6.07) is 24.5. The molecule has 0 aliphatic carbocycles. The average Bonchev–Trinajstić information content (AvgIpc) is 3.67. The van der Waals surface area contributed by atoms with Gasteiger partial charge in [0.25, 0.3) is 5.91 Å². The molecule has 4 aliphatic rings. The van der Waals surface area contributed by atoms with Crippen LogP contribution >= 0.6 is 11.6 Å². The van der Waals surface area contributed by atoms with Crippen LogP contribution in [0.25, 0.3) is 10.8 Å². The highest BCUT2D eigenvalue weighted by Gasteiger charge is 2.81. The molecule has 0 aromatic heterocycles. The zero-order chi connectivity index (χ0) is 27.4. The van der Waals surface area contributed by atoms with Crippen LogP contribution in [-0.2, 0) is 20.5 Å². The highest BCUT2D eigenvalue weighted by atomic mass is 35.5. The zero-order valence-corrected chi connectivity index (χ0v) is 22.6. The summed E-state index contributed by atoms with van der Waals surface area (Å²) >= 11 is 6.64. The van der Waals surface area contributed by atoms with Gasteiger partial charge in [-0.1, -0.05) is 66.2 Å². The van der Waals surface area contributed by atoms with Crippen molar-refractivity contribution in [3.05, 3.63) is 106 Å². The van der Waals surface area contributed by atoms with Crippen LogP contribution in [0.3, 0.4) is 0 Å². The van der Waals surface area contributed by atoms with Crippen molar-refractivity contribution in [1.82, 2.24) is 4.90 Å². The standard InChI is InChI=1S/C33H26ClN3O3/c1-18-15-22(34)17-24-28(18)36-31(40)33(24)32(23-9-4-5-10-25(23)35-30(32)39)27(26-11-6-14-37(26)33)29(38)21-13-12-19-7-2-3-8-20(19)16-21/h2-5,7-10,12-13,15-17,26-27H,6,11,14H2,1H3,(H,35,39)(H,36,40)/t26-,27-,32-,33+/m1/s1. The average molecular weight is 548 g/mol. The number of aryl methyl sites for hydroxylation is 1. The summed E-state index contributed by atoms with van der Waals surface area (Å²) < 4.78 is 0. The molecule has 0 bridgehead atoms. The Morgan fingerprint density at radius 3 is 2.52 bits per heavy atom. The number of nitrogens with zero attached hydrogens (tertiary/aromatic N) is 1. The van der Waals surface area contributed by atoms with Gasteiger partial charge in [-0.15, -0.1) is 0 Å². The van der Waals surface area contributed by atoms with Gasteiger partial charge >= 0.3 is 0 Å². The minimum atomic E-state index is -1.48. The Hall–Kier alpha value is -4.00. The lowest BCUT2D eigenvalue weighted by Gasteiger charge is -2.43. The molecule has 40 heavy (non-hydrogen) atoms. The monoisotopic (exact) mass is 547 g/mol. The number of carbonyl (C=O) groups excluding carboxylic acids is 3. The van der Waals surface area contributed by atoms with Crippen molar-refractivity contribution in [2.45, 2.75) is 36.8 Å². The third-order valence-electron chi connectivity index (χ3n) is 9.68. The minimum absolute atomic E-state index is 0.119. The number of amides is 2. The number of hydrogen-bond acceptors (Lipinski definition) is 4. The number of Topliss-reactive ketones (excluding diaryl/α,β-unsaturated/α-hetero) is 1. The number of rotatable bonds is 2. The fourth-order valence-corrected chi connectivity index (χ4v) is 8.61. The van der Waals surface area contributed by atoms with E-state index in [4.69, 9.17) is 11.6 Å². The maximum absolute atomic E-state index is 14.9. The van der Waals surface area contributed by atoms with E-state index < -0.39 is 16.9 Å². The second-order valence-electron chi connectivity index (χ2n) is 11.4. The molecule has 2 N–H and O–H groups in total. The van der Waals surface area contributed by atoms with Gasteiger partial charge in [-0.05, 0) is 72.5 Å². The SMILES string of the molecule is Cc1cc(Cl)cc2c1NC(=O)[C@@]21N2CCC[C@@H]2[C@H](C(=O)c2ccc3ccccc3c2)[C@]12C(=O)Nc1ccccc12. The van der Waals surface area contributed by atoms with Crippen LogP contribution in [-0.4, -0.2) is 35.1 Å². The first kappa shape index (κ1) is 23.9. The van der Waals surface area contributed by atoms with Crippen molar-refractivity contribution >= 4 is 51.3 Å². The number of benzene rings is 4. The van der Waals surface area contributed by atoms with E-state index in [1.807, 2.05) is 85.8 Å². The third kappa shape index (κ3) is 2.66. The second-order valence-corrected chi connectivity index (χ2v) is 11.9. The Morgan fingerprint density at radius 2 is 1.68 bits per heavy atom. The van der Waals surface area contributed by atoms with Crippen molar-refractivity contribution in [3.63, 3.8) is 0 Å². The molecule has 7 heteroatoms.